The smallest absolute Gasteiger partial charge is 0.308 e. The highest BCUT2D eigenvalue weighted by Crippen LogP contribution is 2.42. The Balaban J connectivity index is 1.84. The minimum Gasteiger partial charge on any atom is -0.493 e. The first-order valence-electron chi connectivity index (χ1n) is 8.08. The summed E-state index contributed by atoms with van der Waals surface area (Å²) in [4.78, 5) is 23.7. The van der Waals surface area contributed by atoms with Crippen LogP contribution in [0.4, 0.5) is 0 Å². The predicted octanol–water partition coefficient (Wildman–Crippen LogP) is 3.25. The lowest BCUT2D eigenvalue weighted by molar-refractivity contribution is -0.132. The number of allylic oxidation sites excluding steroid dienone is 1. The summed E-state index contributed by atoms with van der Waals surface area (Å²) < 4.78 is 26.2. The molecule has 0 bridgehead atoms. The van der Waals surface area contributed by atoms with Crippen LogP contribution in [0.25, 0.3) is 6.08 Å². The summed E-state index contributed by atoms with van der Waals surface area (Å²) in [5, 5.41) is 0. The quantitative estimate of drug-likeness (QED) is 0.334. The van der Waals surface area contributed by atoms with Gasteiger partial charge in [0.05, 0.1) is 14.2 Å². The maximum atomic E-state index is 12.5. The molecule has 2 aromatic carbocycles. The van der Waals surface area contributed by atoms with Gasteiger partial charge in [-0.2, -0.15) is 0 Å². The highest BCUT2D eigenvalue weighted by molar-refractivity contribution is 6.07. The van der Waals surface area contributed by atoms with Gasteiger partial charge in [0, 0.05) is 12.5 Å². The molecule has 1 aliphatic rings. The zero-order valence-corrected chi connectivity index (χ0v) is 15.1. The summed E-state index contributed by atoms with van der Waals surface area (Å²) in [6.07, 6.45) is 3.05. The van der Waals surface area contributed by atoms with Crippen LogP contribution in [-0.4, -0.2) is 32.8 Å². The molecule has 0 fully saturated rings. The van der Waals surface area contributed by atoms with E-state index in [0.717, 1.165) is 5.56 Å². The molecule has 1 aliphatic heterocycles. The summed E-state index contributed by atoms with van der Waals surface area (Å²) in [5.74, 6) is 1.42. The molecule has 0 aliphatic carbocycles. The second-order valence-electron chi connectivity index (χ2n) is 5.61. The van der Waals surface area contributed by atoms with Gasteiger partial charge >= 0.3 is 5.97 Å². The van der Waals surface area contributed by atoms with Gasteiger partial charge in [0.2, 0.25) is 12.5 Å². The number of benzene rings is 2. The Morgan fingerprint density at radius 3 is 2.48 bits per heavy atom. The van der Waals surface area contributed by atoms with Crippen molar-refractivity contribution in [3.8, 4) is 28.7 Å². The summed E-state index contributed by atoms with van der Waals surface area (Å²) in [5.41, 5.74) is 1.08. The number of ether oxygens (including phenoxy) is 5. The lowest BCUT2D eigenvalue weighted by Crippen LogP contribution is -2.04. The molecule has 0 atom stereocenters. The highest BCUT2D eigenvalue weighted by atomic mass is 16.7. The van der Waals surface area contributed by atoms with E-state index in [1.807, 2.05) is 0 Å². The maximum Gasteiger partial charge on any atom is 0.308 e. The number of ketones is 1. The number of methoxy groups -OCH3 is 2. The second kappa shape index (κ2) is 7.82. The first-order chi connectivity index (χ1) is 13.0. The van der Waals surface area contributed by atoms with E-state index < -0.39 is 5.97 Å². The molecule has 0 saturated heterocycles. The average Bonchev–Trinajstić information content (AvgIpc) is 3.13. The van der Waals surface area contributed by atoms with E-state index in [-0.39, 0.29) is 18.3 Å². The van der Waals surface area contributed by atoms with E-state index in [2.05, 4.69) is 0 Å². The lowest BCUT2D eigenvalue weighted by atomic mass is 10.1. The standard InChI is InChI=1S/C20H18O7/c1-12(21)27-17-10-14(5-7-16(17)23-2)15(22)6-4-13-8-18(24-3)20-19(9-13)25-11-26-20/h4-10H,11H2,1-3H3/b6-4+. The molecule has 3 rings (SSSR count). The third-order valence-corrected chi connectivity index (χ3v) is 3.81. The van der Waals surface area contributed by atoms with Gasteiger partial charge in [0.1, 0.15) is 0 Å². The number of carbonyl (C=O) groups excluding carboxylic acids is 2. The van der Waals surface area contributed by atoms with Crippen LogP contribution in [-0.2, 0) is 4.79 Å². The average molecular weight is 370 g/mol. The van der Waals surface area contributed by atoms with Gasteiger partial charge in [-0.15, -0.1) is 0 Å². The van der Waals surface area contributed by atoms with Crippen LogP contribution in [0.2, 0.25) is 0 Å². The molecule has 0 spiro atoms. The van der Waals surface area contributed by atoms with Crippen molar-refractivity contribution in [1.82, 2.24) is 0 Å². The van der Waals surface area contributed by atoms with Gasteiger partial charge in [0.25, 0.3) is 0 Å². The molecule has 0 radical (unpaired) electrons. The van der Waals surface area contributed by atoms with E-state index in [1.165, 1.54) is 33.3 Å². The zero-order chi connectivity index (χ0) is 19.4. The molecule has 0 saturated carbocycles. The molecule has 2 aromatic rings. The Hall–Kier alpha value is -3.48. The summed E-state index contributed by atoms with van der Waals surface area (Å²) >= 11 is 0. The molecular weight excluding hydrogens is 352 g/mol. The predicted molar refractivity (Wildman–Crippen MR) is 96.8 cm³/mol. The normalized spacial score (nSPS) is 12.1. The summed E-state index contributed by atoms with van der Waals surface area (Å²) in [7, 11) is 2.99. The molecule has 0 N–H and O–H groups in total. The van der Waals surface area contributed by atoms with E-state index in [0.29, 0.717) is 28.6 Å². The van der Waals surface area contributed by atoms with Crippen LogP contribution in [0, 0.1) is 0 Å². The largest absolute Gasteiger partial charge is 0.493 e. The first-order valence-corrected chi connectivity index (χ1v) is 8.08. The number of fused-ring (bicyclic) bond motifs is 1. The molecular formula is C20H18O7. The molecule has 1 heterocycles. The van der Waals surface area contributed by atoms with Crippen molar-refractivity contribution in [3.63, 3.8) is 0 Å². The monoisotopic (exact) mass is 370 g/mol. The van der Waals surface area contributed by atoms with Crippen molar-refractivity contribution in [2.24, 2.45) is 0 Å². The fourth-order valence-corrected chi connectivity index (χ4v) is 2.58. The van der Waals surface area contributed by atoms with Crippen LogP contribution in [0.15, 0.2) is 36.4 Å². The zero-order valence-electron chi connectivity index (χ0n) is 15.1. The van der Waals surface area contributed by atoms with Crippen molar-refractivity contribution >= 4 is 17.8 Å². The fourth-order valence-electron chi connectivity index (χ4n) is 2.58. The molecule has 0 unspecified atom stereocenters. The minimum atomic E-state index is -0.499. The van der Waals surface area contributed by atoms with Crippen molar-refractivity contribution in [1.29, 1.82) is 0 Å². The van der Waals surface area contributed by atoms with Crippen LogP contribution in [0.5, 0.6) is 28.7 Å². The van der Waals surface area contributed by atoms with Crippen LogP contribution < -0.4 is 23.7 Å². The third-order valence-electron chi connectivity index (χ3n) is 3.81. The van der Waals surface area contributed by atoms with Gasteiger partial charge < -0.3 is 23.7 Å². The van der Waals surface area contributed by atoms with Crippen molar-refractivity contribution in [3.05, 3.63) is 47.5 Å². The Morgan fingerprint density at radius 1 is 1.00 bits per heavy atom. The molecule has 7 nitrogen and oxygen atoms in total. The number of hydrogen-bond acceptors (Lipinski definition) is 7. The maximum absolute atomic E-state index is 12.5. The first kappa shape index (κ1) is 18.3. The number of esters is 1. The van der Waals surface area contributed by atoms with E-state index in [4.69, 9.17) is 23.7 Å². The number of hydrogen-bond donors (Lipinski definition) is 0. The van der Waals surface area contributed by atoms with Crippen LogP contribution in [0.3, 0.4) is 0 Å². The summed E-state index contributed by atoms with van der Waals surface area (Å²) in [6, 6.07) is 8.14. The number of carbonyl (C=O) groups is 2. The SMILES string of the molecule is COc1ccc(C(=O)/C=C/c2cc(OC)c3c(c2)OCO3)cc1OC(C)=O. The van der Waals surface area contributed by atoms with Gasteiger partial charge in [-0.05, 0) is 42.0 Å². The van der Waals surface area contributed by atoms with Crippen LogP contribution >= 0.6 is 0 Å². The van der Waals surface area contributed by atoms with Gasteiger partial charge in [-0.25, -0.2) is 0 Å². The fraction of sp³-hybridized carbons (Fsp3) is 0.200. The minimum absolute atomic E-state index is 0.128. The topological polar surface area (TPSA) is 80.3 Å². The Kier molecular flexibility index (Phi) is 5.30. The van der Waals surface area contributed by atoms with Gasteiger partial charge in [0.15, 0.2) is 28.8 Å². The Morgan fingerprint density at radius 2 is 1.78 bits per heavy atom. The van der Waals surface area contributed by atoms with Crippen molar-refractivity contribution in [2.75, 3.05) is 21.0 Å². The Labute approximate surface area is 156 Å². The van der Waals surface area contributed by atoms with Crippen LogP contribution in [0.1, 0.15) is 22.8 Å². The second-order valence-corrected chi connectivity index (χ2v) is 5.61. The lowest BCUT2D eigenvalue weighted by Gasteiger charge is -2.09. The molecule has 27 heavy (non-hydrogen) atoms. The third kappa shape index (κ3) is 4.03. The van der Waals surface area contributed by atoms with Gasteiger partial charge in [-0.3, -0.25) is 9.59 Å². The summed E-state index contributed by atoms with van der Waals surface area (Å²) in [6.45, 7) is 1.41. The molecule has 0 aromatic heterocycles. The Bertz CT molecular complexity index is 915. The molecule has 0 amide bonds. The highest BCUT2D eigenvalue weighted by Gasteiger charge is 2.19. The molecule has 7 heteroatoms. The van der Waals surface area contributed by atoms with Crippen molar-refractivity contribution < 1.29 is 33.3 Å². The number of rotatable bonds is 6. The van der Waals surface area contributed by atoms with E-state index in [9.17, 15) is 9.59 Å². The van der Waals surface area contributed by atoms with E-state index in [1.54, 1.807) is 30.3 Å². The van der Waals surface area contributed by atoms with E-state index >= 15 is 0 Å². The van der Waals surface area contributed by atoms with Gasteiger partial charge in [-0.1, -0.05) is 6.08 Å². The molecule has 140 valence electrons. The van der Waals surface area contributed by atoms with Crippen molar-refractivity contribution in [2.45, 2.75) is 6.92 Å².